The van der Waals surface area contributed by atoms with Crippen molar-refractivity contribution in [3.63, 3.8) is 0 Å². The predicted molar refractivity (Wildman–Crippen MR) is 26.5 cm³/mol. The van der Waals surface area contributed by atoms with Gasteiger partial charge in [-0.15, -0.1) is 0 Å². The molecular formula is C5H7O2. The lowest BCUT2D eigenvalue weighted by Gasteiger charge is -1.82. The maximum atomic E-state index is 9.30. The molecule has 0 heterocycles. The first-order valence-corrected chi connectivity index (χ1v) is 2.02. The smallest absolute Gasteiger partial charge is 0.417 e. The summed E-state index contributed by atoms with van der Waals surface area (Å²) in [5.74, 6) is 0. The third kappa shape index (κ3) is 5.21. The third-order valence-electron chi connectivity index (χ3n) is 0.474. The summed E-state index contributed by atoms with van der Waals surface area (Å²) in [6.07, 6.45) is 3.53. The molecule has 7 heavy (non-hydrogen) atoms. The lowest BCUT2D eigenvalue weighted by molar-refractivity contribution is 0.314. The molecule has 0 N–H and O–H groups in total. The third-order valence-corrected chi connectivity index (χ3v) is 0.474. The van der Waals surface area contributed by atoms with Crippen LogP contribution < -0.4 is 0 Å². The SMILES string of the molecule is CC=CCO[C]=O. The van der Waals surface area contributed by atoms with Gasteiger partial charge in [0.25, 0.3) is 0 Å². The monoisotopic (exact) mass is 99.0 g/mol. The van der Waals surface area contributed by atoms with E-state index in [0.29, 0.717) is 6.61 Å². The van der Waals surface area contributed by atoms with E-state index < -0.39 is 0 Å². The number of allylic oxidation sites excluding steroid dienone is 1. The molecule has 1 radical (unpaired) electrons. The van der Waals surface area contributed by atoms with Crippen LogP contribution in [0, 0.1) is 0 Å². The van der Waals surface area contributed by atoms with Gasteiger partial charge in [0, 0.05) is 0 Å². The molecule has 0 aliphatic heterocycles. The first-order chi connectivity index (χ1) is 3.41. The summed E-state index contributed by atoms with van der Waals surface area (Å²) in [6.45, 7) is 3.49. The van der Waals surface area contributed by atoms with E-state index in [1.165, 1.54) is 6.47 Å². The van der Waals surface area contributed by atoms with Crippen LogP contribution in [0.2, 0.25) is 0 Å². The Hall–Kier alpha value is -0.790. The highest BCUT2D eigenvalue weighted by Crippen LogP contribution is 1.69. The Kier molecular flexibility index (Phi) is 4.62. The van der Waals surface area contributed by atoms with Crippen molar-refractivity contribution < 1.29 is 9.53 Å². The van der Waals surface area contributed by atoms with Crippen LogP contribution in [0.1, 0.15) is 6.92 Å². The van der Waals surface area contributed by atoms with Crippen LogP contribution in [-0.4, -0.2) is 13.1 Å². The first kappa shape index (κ1) is 6.21. The molecule has 0 fully saturated rings. The van der Waals surface area contributed by atoms with Gasteiger partial charge in [0.1, 0.15) is 6.61 Å². The van der Waals surface area contributed by atoms with Crippen LogP contribution in [0.4, 0.5) is 0 Å². The van der Waals surface area contributed by atoms with E-state index in [0.717, 1.165) is 0 Å². The summed E-state index contributed by atoms with van der Waals surface area (Å²) in [5.41, 5.74) is 0. The molecule has 0 rings (SSSR count). The van der Waals surface area contributed by atoms with E-state index in [-0.39, 0.29) is 0 Å². The predicted octanol–water partition coefficient (Wildman–Crippen LogP) is 0.646. The van der Waals surface area contributed by atoms with Gasteiger partial charge < -0.3 is 4.74 Å². The van der Waals surface area contributed by atoms with E-state index in [2.05, 4.69) is 4.74 Å². The number of ether oxygens (including phenoxy) is 1. The second kappa shape index (κ2) is 5.21. The van der Waals surface area contributed by atoms with Crippen LogP contribution >= 0.6 is 0 Å². The van der Waals surface area contributed by atoms with Crippen LogP contribution in [0.3, 0.4) is 0 Å². The minimum Gasteiger partial charge on any atom is -0.453 e. The van der Waals surface area contributed by atoms with Gasteiger partial charge in [-0.1, -0.05) is 12.2 Å². The number of hydrogen-bond acceptors (Lipinski definition) is 2. The van der Waals surface area contributed by atoms with Gasteiger partial charge in [-0.25, -0.2) is 4.79 Å². The van der Waals surface area contributed by atoms with Gasteiger partial charge in [-0.3, -0.25) is 0 Å². The van der Waals surface area contributed by atoms with E-state index in [4.69, 9.17) is 0 Å². The van der Waals surface area contributed by atoms with Crippen molar-refractivity contribution in [2.24, 2.45) is 0 Å². The Morgan fingerprint density at radius 3 is 3.00 bits per heavy atom. The highest BCUT2D eigenvalue weighted by atomic mass is 16.5. The zero-order valence-electron chi connectivity index (χ0n) is 4.18. The molecule has 0 aliphatic carbocycles. The van der Waals surface area contributed by atoms with Crippen molar-refractivity contribution in [1.82, 2.24) is 0 Å². The number of hydrogen-bond donors (Lipinski definition) is 0. The minimum atomic E-state index is 0.333. The Labute approximate surface area is 42.8 Å². The molecule has 0 saturated carbocycles. The van der Waals surface area contributed by atoms with Gasteiger partial charge in [0.05, 0.1) is 0 Å². The van der Waals surface area contributed by atoms with Gasteiger partial charge in [-0.2, -0.15) is 0 Å². The Bertz CT molecular complexity index is 66.5. The molecule has 0 amide bonds. The number of carbonyl (C=O) groups excluding carboxylic acids is 1. The van der Waals surface area contributed by atoms with Gasteiger partial charge >= 0.3 is 6.47 Å². The van der Waals surface area contributed by atoms with E-state index >= 15 is 0 Å². The molecule has 0 aromatic heterocycles. The summed E-state index contributed by atoms with van der Waals surface area (Å²) in [7, 11) is 0. The summed E-state index contributed by atoms with van der Waals surface area (Å²) in [4.78, 5) is 9.30. The summed E-state index contributed by atoms with van der Waals surface area (Å²) in [6, 6.07) is 0. The van der Waals surface area contributed by atoms with Crippen LogP contribution in [-0.2, 0) is 9.53 Å². The van der Waals surface area contributed by atoms with E-state index in [9.17, 15) is 4.79 Å². The van der Waals surface area contributed by atoms with Gasteiger partial charge in [0.15, 0.2) is 0 Å². The Morgan fingerprint density at radius 2 is 2.57 bits per heavy atom. The first-order valence-electron chi connectivity index (χ1n) is 2.02. The van der Waals surface area contributed by atoms with E-state index in [1.54, 1.807) is 12.2 Å². The standard InChI is InChI=1S/C5H7O2/c1-2-3-4-7-5-6/h2-3H,4H2,1H3. The molecule has 0 aromatic carbocycles. The molecule has 0 spiro atoms. The van der Waals surface area contributed by atoms with E-state index in [1.807, 2.05) is 6.92 Å². The summed E-state index contributed by atoms with van der Waals surface area (Å²) in [5, 5.41) is 0. The summed E-state index contributed by atoms with van der Waals surface area (Å²) < 4.78 is 4.18. The molecule has 39 valence electrons. The average Bonchev–Trinajstić information content (AvgIpc) is 1.69. The molecule has 0 saturated heterocycles. The molecule has 0 aromatic rings. The largest absolute Gasteiger partial charge is 0.453 e. The van der Waals surface area contributed by atoms with Crippen LogP contribution in [0.25, 0.3) is 0 Å². The average molecular weight is 99.1 g/mol. The van der Waals surface area contributed by atoms with Crippen molar-refractivity contribution in [3.8, 4) is 0 Å². The van der Waals surface area contributed by atoms with Crippen molar-refractivity contribution in [2.75, 3.05) is 6.61 Å². The molecule has 0 bridgehead atoms. The van der Waals surface area contributed by atoms with Gasteiger partial charge in [0.2, 0.25) is 0 Å². The normalized spacial score (nSPS) is 9.29. The van der Waals surface area contributed by atoms with Gasteiger partial charge in [-0.05, 0) is 6.92 Å². The number of rotatable bonds is 3. The quantitative estimate of drug-likeness (QED) is 0.383. The zero-order chi connectivity index (χ0) is 5.54. The molecule has 2 nitrogen and oxygen atoms in total. The maximum Gasteiger partial charge on any atom is 0.417 e. The van der Waals surface area contributed by atoms with Crippen molar-refractivity contribution in [3.05, 3.63) is 12.2 Å². The highest BCUT2D eigenvalue weighted by molar-refractivity contribution is 5.38. The fraction of sp³-hybridized carbons (Fsp3) is 0.400. The highest BCUT2D eigenvalue weighted by Gasteiger charge is 1.70. The molecule has 0 aliphatic rings. The topological polar surface area (TPSA) is 26.3 Å². The van der Waals surface area contributed by atoms with Crippen LogP contribution in [0.5, 0.6) is 0 Å². The fourth-order valence-corrected chi connectivity index (χ4v) is 0.178. The minimum absolute atomic E-state index is 0.333. The Morgan fingerprint density at radius 1 is 1.86 bits per heavy atom. The van der Waals surface area contributed by atoms with Crippen LogP contribution in [0.15, 0.2) is 12.2 Å². The summed E-state index contributed by atoms with van der Waals surface area (Å²) >= 11 is 0. The molecular weight excluding hydrogens is 92.1 g/mol. The Balaban J connectivity index is 2.82. The lowest BCUT2D eigenvalue weighted by atomic mass is 10.6. The van der Waals surface area contributed by atoms with Crippen molar-refractivity contribution in [1.29, 1.82) is 0 Å². The molecule has 0 atom stereocenters. The lowest BCUT2D eigenvalue weighted by Crippen LogP contribution is -1.83. The zero-order valence-corrected chi connectivity index (χ0v) is 4.18. The maximum absolute atomic E-state index is 9.30. The molecule has 0 unspecified atom stereocenters. The second-order valence-electron chi connectivity index (χ2n) is 0.963. The van der Waals surface area contributed by atoms with Crippen molar-refractivity contribution >= 4 is 6.47 Å². The fourth-order valence-electron chi connectivity index (χ4n) is 0.178. The second-order valence-corrected chi connectivity index (χ2v) is 0.963. The van der Waals surface area contributed by atoms with Crippen molar-refractivity contribution in [2.45, 2.75) is 6.92 Å². The molecule has 2 heteroatoms.